The minimum absolute atomic E-state index is 0.609. The van der Waals surface area contributed by atoms with Gasteiger partial charge >= 0.3 is 0 Å². The highest BCUT2D eigenvalue weighted by atomic mass is 35.5. The van der Waals surface area contributed by atoms with Crippen molar-refractivity contribution in [3.63, 3.8) is 0 Å². The van der Waals surface area contributed by atoms with Gasteiger partial charge in [-0.05, 0) is 0 Å². The number of rotatable bonds is 4. The summed E-state index contributed by atoms with van der Waals surface area (Å²) in [5.41, 5.74) is 0. The van der Waals surface area contributed by atoms with Gasteiger partial charge in [0, 0.05) is 44.7 Å². The number of nitrogens with zero attached hydrogens (tertiary/aromatic N) is 4. The molecule has 6 heteroatoms. The Labute approximate surface area is 106 Å². The van der Waals surface area contributed by atoms with Crippen LogP contribution in [0.5, 0.6) is 5.88 Å². The van der Waals surface area contributed by atoms with Crippen molar-refractivity contribution < 1.29 is 4.74 Å². The Hall–Kier alpha value is -1.07. The largest absolute Gasteiger partial charge is 0.481 e. The smallest absolute Gasteiger partial charge is 0.218 e. The number of methoxy groups -OCH3 is 1. The van der Waals surface area contributed by atoms with Crippen LogP contribution in [0.2, 0.25) is 0 Å². The molecule has 1 fully saturated rings. The van der Waals surface area contributed by atoms with E-state index in [1.54, 1.807) is 13.4 Å². The van der Waals surface area contributed by atoms with Crippen molar-refractivity contribution in [2.75, 3.05) is 50.6 Å². The maximum Gasteiger partial charge on any atom is 0.218 e. The monoisotopic (exact) mass is 256 g/mol. The molecule has 0 spiro atoms. The van der Waals surface area contributed by atoms with Gasteiger partial charge in [-0.2, -0.15) is 0 Å². The molecular weight excluding hydrogens is 240 g/mol. The number of anilines is 1. The molecule has 1 aliphatic heterocycles. The highest BCUT2D eigenvalue weighted by molar-refractivity contribution is 6.18. The lowest BCUT2D eigenvalue weighted by Gasteiger charge is -2.34. The number of ether oxygens (including phenoxy) is 1. The van der Waals surface area contributed by atoms with Gasteiger partial charge in [0.15, 0.2) is 0 Å². The van der Waals surface area contributed by atoms with E-state index in [4.69, 9.17) is 16.3 Å². The average molecular weight is 257 g/mol. The van der Waals surface area contributed by atoms with Crippen molar-refractivity contribution in [1.82, 2.24) is 14.9 Å². The van der Waals surface area contributed by atoms with E-state index < -0.39 is 0 Å². The van der Waals surface area contributed by atoms with Crippen molar-refractivity contribution in [2.45, 2.75) is 0 Å². The van der Waals surface area contributed by atoms with Gasteiger partial charge in [0.25, 0.3) is 0 Å². The van der Waals surface area contributed by atoms with E-state index in [9.17, 15) is 0 Å². The summed E-state index contributed by atoms with van der Waals surface area (Å²) in [6.45, 7) is 4.95. The zero-order valence-electron chi connectivity index (χ0n) is 9.97. The molecule has 2 rings (SSSR count). The summed E-state index contributed by atoms with van der Waals surface area (Å²) in [6.07, 6.45) is 1.54. The number of hydrogen-bond donors (Lipinski definition) is 0. The molecule has 0 amide bonds. The fraction of sp³-hybridized carbons (Fsp3) is 0.636. The highest BCUT2D eigenvalue weighted by Crippen LogP contribution is 2.16. The minimum Gasteiger partial charge on any atom is -0.481 e. The molecule has 17 heavy (non-hydrogen) atoms. The second-order valence-electron chi connectivity index (χ2n) is 3.94. The van der Waals surface area contributed by atoms with Crippen LogP contribution in [0, 0.1) is 0 Å². The molecule has 0 saturated carbocycles. The molecule has 1 aromatic heterocycles. The zero-order chi connectivity index (χ0) is 12.1. The van der Waals surface area contributed by atoms with Gasteiger partial charge in [-0.25, -0.2) is 9.97 Å². The summed E-state index contributed by atoms with van der Waals surface area (Å²) in [7, 11) is 1.62. The van der Waals surface area contributed by atoms with Crippen LogP contribution in [0.25, 0.3) is 0 Å². The summed E-state index contributed by atoms with van der Waals surface area (Å²) in [5, 5.41) is 0. The summed E-state index contributed by atoms with van der Waals surface area (Å²) in [6, 6.07) is 1.87. The van der Waals surface area contributed by atoms with E-state index >= 15 is 0 Å². The molecule has 1 aromatic rings. The van der Waals surface area contributed by atoms with Crippen LogP contribution in [0.15, 0.2) is 12.4 Å². The first-order valence-electron chi connectivity index (χ1n) is 5.73. The van der Waals surface area contributed by atoms with Gasteiger partial charge in [0.1, 0.15) is 12.1 Å². The third kappa shape index (κ3) is 3.20. The van der Waals surface area contributed by atoms with Crippen molar-refractivity contribution >= 4 is 17.4 Å². The normalized spacial score (nSPS) is 17.2. The second kappa shape index (κ2) is 6.02. The highest BCUT2D eigenvalue weighted by Gasteiger charge is 2.17. The van der Waals surface area contributed by atoms with Crippen molar-refractivity contribution in [2.24, 2.45) is 0 Å². The molecule has 0 radical (unpaired) electrons. The van der Waals surface area contributed by atoms with Crippen molar-refractivity contribution in [1.29, 1.82) is 0 Å². The Bertz CT molecular complexity index is 355. The van der Waals surface area contributed by atoms with E-state index in [0.717, 1.165) is 38.5 Å². The lowest BCUT2D eigenvalue weighted by Crippen LogP contribution is -2.47. The van der Waals surface area contributed by atoms with Crippen LogP contribution in [-0.4, -0.2) is 60.6 Å². The molecule has 0 unspecified atom stereocenters. The Morgan fingerprint density at radius 2 is 2.06 bits per heavy atom. The topological polar surface area (TPSA) is 41.5 Å². The molecule has 0 aromatic carbocycles. The number of aromatic nitrogens is 2. The minimum atomic E-state index is 0.609. The Morgan fingerprint density at radius 3 is 2.71 bits per heavy atom. The molecule has 2 heterocycles. The first-order valence-corrected chi connectivity index (χ1v) is 6.26. The summed E-state index contributed by atoms with van der Waals surface area (Å²) < 4.78 is 5.10. The van der Waals surface area contributed by atoms with Crippen LogP contribution in [0.3, 0.4) is 0 Å². The van der Waals surface area contributed by atoms with Crippen molar-refractivity contribution in [3.05, 3.63) is 12.4 Å². The Balaban J connectivity index is 1.95. The van der Waals surface area contributed by atoms with Crippen LogP contribution in [0.4, 0.5) is 5.82 Å². The fourth-order valence-electron chi connectivity index (χ4n) is 1.93. The van der Waals surface area contributed by atoms with Gasteiger partial charge < -0.3 is 9.64 Å². The number of hydrogen-bond acceptors (Lipinski definition) is 5. The lowest BCUT2D eigenvalue weighted by atomic mass is 10.3. The van der Waals surface area contributed by atoms with Crippen LogP contribution >= 0.6 is 11.6 Å². The number of alkyl halides is 1. The third-order valence-electron chi connectivity index (χ3n) is 2.93. The average Bonchev–Trinajstić information content (AvgIpc) is 2.40. The molecule has 0 N–H and O–H groups in total. The molecule has 1 aliphatic rings. The maximum atomic E-state index is 5.74. The SMILES string of the molecule is COc1cc(N2CCN(CCCl)CC2)ncn1. The standard InChI is InChI=1S/C11H17ClN4O/c1-17-11-8-10(13-9-14-11)16-6-4-15(3-2-12)5-7-16/h8-9H,2-7H2,1H3. The molecule has 94 valence electrons. The summed E-state index contributed by atoms with van der Waals surface area (Å²) in [5.74, 6) is 2.24. The molecule has 1 saturated heterocycles. The van der Waals surface area contributed by atoms with Crippen LogP contribution in [0.1, 0.15) is 0 Å². The molecule has 0 aliphatic carbocycles. The maximum absolute atomic E-state index is 5.74. The first-order chi connectivity index (χ1) is 8.33. The number of halogens is 1. The Morgan fingerprint density at radius 1 is 1.29 bits per heavy atom. The first kappa shape index (κ1) is 12.4. The van der Waals surface area contributed by atoms with E-state index in [-0.39, 0.29) is 0 Å². The van der Waals surface area contributed by atoms with Gasteiger partial charge in [0.2, 0.25) is 5.88 Å². The van der Waals surface area contributed by atoms with E-state index in [1.165, 1.54) is 0 Å². The third-order valence-corrected chi connectivity index (χ3v) is 3.10. The fourth-order valence-corrected chi connectivity index (χ4v) is 2.17. The van der Waals surface area contributed by atoms with Gasteiger partial charge in [-0.1, -0.05) is 0 Å². The summed E-state index contributed by atoms with van der Waals surface area (Å²) >= 11 is 5.74. The summed E-state index contributed by atoms with van der Waals surface area (Å²) in [4.78, 5) is 12.9. The molecule has 0 atom stereocenters. The van der Waals surface area contributed by atoms with Gasteiger partial charge in [-0.15, -0.1) is 11.6 Å². The molecule has 0 bridgehead atoms. The molecule has 5 nitrogen and oxygen atoms in total. The second-order valence-corrected chi connectivity index (χ2v) is 4.31. The quantitative estimate of drug-likeness (QED) is 0.747. The Kier molecular flexibility index (Phi) is 4.39. The molecular formula is C11H17ClN4O. The van der Waals surface area contributed by atoms with Crippen molar-refractivity contribution in [3.8, 4) is 5.88 Å². The van der Waals surface area contributed by atoms with E-state index in [1.807, 2.05) is 6.07 Å². The predicted octanol–water partition coefficient (Wildman–Crippen LogP) is 0.846. The van der Waals surface area contributed by atoms with E-state index in [2.05, 4.69) is 19.8 Å². The van der Waals surface area contributed by atoms with Crippen LogP contribution < -0.4 is 9.64 Å². The predicted molar refractivity (Wildman–Crippen MR) is 68.0 cm³/mol. The van der Waals surface area contributed by atoms with E-state index in [0.29, 0.717) is 11.8 Å². The van der Waals surface area contributed by atoms with Crippen LogP contribution in [-0.2, 0) is 0 Å². The lowest BCUT2D eigenvalue weighted by molar-refractivity contribution is 0.272. The zero-order valence-corrected chi connectivity index (χ0v) is 10.7. The van der Waals surface area contributed by atoms with Gasteiger partial charge in [-0.3, -0.25) is 4.90 Å². The van der Waals surface area contributed by atoms with Gasteiger partial charge in [0.05, 0.1) is 7.11 Å². The number of piperazine rings is 1.